The molecule has 5 nitrogen and oxygen atoms in total. The summed E-state index contributed by atoms with van der Waals surface area (Å²) in [4.78, 5) is 9.09. The molecule has 2 aromatic heterocycles. The van der Waals surface area contributed by atoms with E-state index in [1.165, 1.54) is 37.7 Å². The fourth-order valence-electron chi connectivity index (χ4n) is 3.37. The van der Waals surface area contributed by atoms with E-state index in [-0.39, 0.29) is 0 Å². The average Bonchev–Trinajstić information content (AvgIpc) is 3.13. The summed E-state index contributed by atoms with van der Waals surface area (Å²) in [5.74, 6) is 1.93. The topological polar surface area (TPSA) is 63.8 Å². The Bertz CT molecular complexity index is 852. The second kappa shape index (κ2) is 7.05. The summed E-state index contributed by atoms with van der Waals surface area (Å²) < 4.78 is 5.53. The molecule has 1 saturated carbocycles. The number of aromatic nitrogens is 3. The summed E-state index contributed by atoms with van der Waals surface area (Å²) in [6.45, 7) is 2.05. The van der Waals surface area contributed by atoms with Gasteiger partial charge in [0.1, 0.15) is 5.82 Å². The largest absolute Gasteiger partial charge is 0.367 e. The van der Waals surface area contributed by atoms with Crippen LogP contribution in [0, 0.1) is 6.92 Å². The molecule has 3 aromatic rings. The Morgan fingerprint density at radius 2 is 1.96 bits per heavy atom. The van der Waals surface area contributed by atoms with Gasteiger partial charge in [0.15, 0.2) is 0 Å². The molecule has 1 aromatic carbocycles. The highest BCUT2D eigenvalue weighted by atomic mass is 16.5. The number of anilines is 1. The van der Waals surface area contributed by atoms with Crippen LogP contribution in [0.5, 0.6) is 0 Å². The fraction of sp³-hybridized carbons (Fsp3) is 0.350. The van der Waals surface area contributed by atoms with Crippen molar-refractivity contribution in [1.82, 2.24) is 15.1 Å². The van der Waals surface area contributed by atoms with E-state index >= 15 is 0 Å². The molecule has 0 unspecified atom stereocenters. The van der Waals surface area contributed by atoms with Gasteiger partial charge in [0, 0.05) is 17.8 Å². The number of hydrogen-bond donors (Lipinski definition) is 1. The van der Waals surface area contributed by atoms with Gasteiger partial charge in [0.05, 0.1) is 5.56 Å². The maximum Gasteiger partial charge on any atom is 0.261 e. The van der Waals surface area contributed by atoms with E-state index in [0.29, 0.717) is 17.8 Å². The van der Waals surface area contributed by atoms with E-state index in [2.05, 4.69) is 39.5 Å². The lowest BCUT2D eigenvalue weighted by Gasteiger charge is -2.23. The number of nitrogens with one attached hydrogen (secondary N) is 1. The minimum atomic E-state index is 0.474. The average molecular weight is 334 g/mol. The lowest BCUT2D eigenvalue weighted by atomic mass is 9.95. The zero-order valence-electron chi connectivity index (χ0n) is 14.4. The van der Waals surface area contributed by atoms with Crippen LogP contribution in [0.1, 0.15) is 37.7 Å². The van der Waals surface area contributed by atoms with Crippen molar-refractivity contribution >= 4 is 5.82 Å². The van der Waals surface area contributed by atoms with Crippen molar-refractivity contribution in [2.75, 3.05) is 5.32 Å². The lowest BCUT2D eigenvalue weighted by Crippen LogP contribution is -2.23. The molecule has 25 heavy (non-hydrogen) atoms. The van der Waals surface area contributed by atoms with Crippen LogP contribution in [-0.4, -0.2) is 21.2 Å². The quantitative estimate of drug-likeness (QED) is 0.739. The van der Waals surface area contributed by atoms with Crippen molar-refractivity contribution in [3.05, 3.63) is 48.2 Å². The molecule has 4 rings (SSSR count). The van der Waals surface area contributed by atoms with Crippen molar-refractivity contribution in [3.8, 4) is 22.8 Å². The summed E-state index contributed by atoms with van der Waals surface area (Å²) >= 11 is 0. The Balaban J connectivity index is 1.62. The zero-order valence-corrected chi connectivity index (χ0v) is 14.4. The number of aryl methyl sites for hydroxylation is 1. The standard InChI is InChI=1S/C20H22N4O/c1-14-7-5-8-15(13-14)18-23-20(25-24-18)17-11-6-12-21-19(17)22-16-9-3-2-4-10-16/h5-8,11-13,16H,2-4,9-10H2,1H3,(H,21,22). The molecular weight excluding hydrogens is 312 g/mol. The van der Waals surface area contributed by atoms with Crippen LogP contribution in [-0.2, 0) is 0 Å². The molecular formula is C20H22N4O. The first-order chi connectivity index (χ1) is 12.3. The van der Waals surface area contributed by atoms with Gasteiger partial charge in [0.25, 0.3) is 5.89 Å². The van der Waals surface area contributed by atoms with Crippen molar-refractivity contribution in [3.63, 3.8) is 0 Å². The molecule has 0 bridgehead atoms. The van der Waals surface area contributed by atoms with E-state index in [1.54, 1.807) is 6.20 Å². The van der Waals surface area contributed by atoms with Crippen LogP contribution in [0.2, 0.25) is 0 Å². The van der Waals surface area contributed by atoms with Gasteiger partial charge >= 0.3 is 0 Å². The van der Waals surface area contributed by atoms with Gasteiger partial charge in [-0.25, -0.2) is 4.98 Å². The Morgan fingerprint density at radius 1 is 1.08 bits per heavy atom. The molecule has 0 atom stereocenters. The molecule has 1 fully saturated rings. The first-order valence-corrected chi connectivity index (χ1v) is 8.92. The van der Waals surface area contributed by atoms with Gasteiger partial charge < -0.3 is 9.84 Å². The smallest absolute Gasteiger partial charge is 0.261 e. The van der Waals surface area contributed by atoms with E-state index in [1.807, 2.05) is 24.3 Å². The SMILES string of the molecule is Cc1cccc(-c2noc(-c3cccnc3NC3CCCCC3)n2)c1. The highest BCUT2D eigenvalue weighted by molar-refractivity contribution is 5.70. The van der Waals surface area contributed by atoms with E-state index in [4.69, 9.17) is 4.52 Å². The van der Waals surface area contributed by atoms with Crippen LogP contribution < -0.4 is 5.32 Å². The minimum Gasteiger partial charge on any atom is -0.367 e. The summed E-state index contributed by atoms with van der Waals surface area (Å²) in [6, 6.07) is 12.5. The van der Waals surface area contributed by atoms with Crippen LogP contribution in [0.3, 0.4) is 0 Å². The summed E-state index contributed by atoms with van der Waals surface area (Å²) in [6.07, 6.45) is 8.06. The van der Waals surface area contributed by atoms with E-state index in [9.17, 15) is 0 Å². The minimum absolute atomic E-state index is 0.474. The predicted octanol–water partition coefficient (Wildman–Crippen LogP) is 4.85. The number of hydrogen-bond acceptors (Lipinski definition) is 5. The van der Waals surface area contributed by atoms with Gasteiger partial charge in [-0.3, -0.25) is 0 Å². The van der Waals surface area contributed by atoms with Crippen LogP contribution >= 0.6 is 0 Å². The van der Waals surface area contributed by atoms with Crippen molar-refractivity contribution in [2.24, 2.45) is 0 Å². The highest BCUT2D eigenvalue weighted by Gasteiger charge is 2.19. The third-order valence-electron chi connectivity index (χ3n) is 4.69. The summed E-state index contributed by atoms with van der Waals surface area (Å²) in [7, 11) is 0. The molecule has 0 amide bonds. The first kappa shape index (κ1) is 15.8. The molecule has 1 N–H and O–H groups in total. The zero-order chi connectivity index (χ0) is 17.1. The number of pyridine rings is 1. The number of nitrogens with zero attached hydrogens (tertiary/aromatic N) is 3. The van der Waals surface area contributed by atoms with Crippen LogP contribution in [0.15, 0.2) is 47.1 Å². The van der Waals surface area contributed by atoms with Gasteiger partial charge in [0.2, 0.25) is 5.82 Å². The van der Waals surface area contributed by atoms with Gasteiger partial charge in [-0.2, -0.15) is 4.98 Å². The summed E-state index contributed by atoms with van der Waals surface area (Å²) in [5, 5.41) is 7.72. The molecule has 128 valence electrons. The lowest BCUT2D eigenvalue weighted by molar-refractivity contribution is 0.432. The predicted molar refractivity (Wildman–Crippen MR) is 98.2 cm³/mol. The number of rotatable bonds is 4. The first-order valence-electron chi connectivity index (χ1n) is 8.92. The molecule has 0 radical (unpaired) electrons. The van der Waals surface area contributed by atoms with Gasteiger partial charge in [-0.05, 0) is 38.0 Å². The Hall–Kier alpha value is -2.69. The highest BCUT2D eigenvalue weighted by Crippen LogP contribution is 2.29. The van der Waals surface area contributed by atoms with Crippen LogP contribution in [0.4, 0.5) is 5.82 Å². The second-order valence-electron chi connectivity index (χ2n) is 6.67. The molecule has 1 aliphatic carbocycles. The molecule has 2 heterocycles. The maximum atomic E-state index is 5.53. The molecule has 1 aliphatic rings. The number of benzene rings is 1. The van der Waals surface area contributed by atoms with E-state index < -0.39 is 0 Å². The van der Waals surface area contributed by atoms with Crippen molar-refractivity contribution in [1.29, 1.82) is 0 Å². The van der Waals surface area contributed by atoms with Gasteiger partial charge in [-0.15, -0.1) is 0 Å². The Kier molecular flexibility index (Phi) is 4.46. The van der Waals surface area contributed by atoms with E-state index in [0.717, 1.165) is 16.9 Å². The van der Waals surface area contributed by atoms with Crippen molar-refractivity contribution in [2.45, 2.75) is 45.1 Å². The fourth-order valence-corrected chi connectivity index (χ4v) is 3.37. The maximum absolute atomic E-state index is 5.53. The second-order valence-corrected chi connectivity index (χ2v) is 6.67. The third-order valence-corrected chi connectivity index (χ3v) is 4.69. The monoisotopic (exact) mass is 334 g/mol. The summed E-state index contributed by atoms with van der Waals surface area (Å²) in [5.41, 5.74) is 2.99. The molecule has 5 heteroatoms. The van der Waals surface area contributed by atoms with Crippen molar-refractivity contribution < 1.29 is 4.52 Å². The molecule has 0 aliphatic heterocycles. The van der Waals surface area contributed by atoms with Gasteiger partial charge in [-0.1, -0.05) is 48.2 Å². The molecule has 0 saturated heterocycles. The third kappa shape index (κ3) is 3.55. The molecule has 0 spiro atoms. The Morgan fingerprint density at radius 3 is 2.80 bits per heavy atom. The van der Waals surface area contributed by atoms with Crippen LogP contribution in [0.25, 0.3) is 22.8 Å². The Labute approximate surface area is 147 Å². The normalized spacial score (nSPS) is 15.2.